The summed E-state index contributed by atoms with van der Waals surface area (Å²) in [5.74, 6) is 4.88. The summed E-state index contributed by atoms with van der Waals surface area (Å²) in [6.45, 7) is 0. The van der Waals surface area contributed by atoms with Crippen molar-refractivity contribution in [2.45, 2.75) is 0 Å². The summed E-state index contributed by atoms with van der Waals surface area (Å²) in [5.41, 5.74) is 0. The van der Waals surface area contributed by atoms with Crippen LogP contribution in [0.2, 0.25) is 0 Å². The second-order valence-corrected chi connectivity index (χ2v) is 46.7. The predicted octanol–water partition coefficient (Wildman–Crippen LogP) is 33.6. The summed E-state index contributed by atoms with van der Waals surface area (Å²) >= 11 is 0. The van der Waals surface area contributed by atoms with Gasteiger partial charge in [-0.25, -0.2) is 0 Å². The molecule has 0 N–H and O–H groups in total. The number of hydrogen-bond acceptors (Lipinski definition) is 27. The van der Waals surface area contributed by atoms with E-state index in [2.05, 4.69) is 0 Å². The van der Waals surface area contributed by atoms with E-state index in [1.165, 1.54) is 0 Å². The Balaban J connectivity index is 0.784. The lowest BCUT2D eigenvalue weighted by molar-refractivity contribution is 0.437. The Kier molecular flexibility index (Phi) is 26.3. The van der Waals surface area contributed by atoms with Gasteiger partial charge in [0.2, 0.25) is 0 Å². The molecule has 0 spiro atoms. The van der Waals surface area contributed by atoms with Crippen LogP contribution >= 0.6 is 68.9 Å². The van der Waals surface area contributed by atoms with Crippen LogP contribution in [0.4, 0.5) is 0 Å². The molecule has 27 nitrogen and oxygen atoms in total. The minimum Gasteiger partial charge on any atom is -0.413 e. The van der Waals surface area contributed by atoms with E-state index >= 15 is 0 Å². The van der Waals surface area contributed by atoms with Crippen LogP contribution in [0.25, 0.3) is 0 Å². The molecule has 0 bridgehead atoms. The van der Waals surface area contributed by atoms with Crippen molar-refractivity contribution >= 4 is 68.9 Å². The molecule has 36 heteroatoms. The van der Waals surface area contributed by atoms with Crippen LogP contribution in [0, 0.1) is 0 Å². The van der Waals surface area contributed by atoms with Gasteiger partial charge >= 0.3 is 68.9 Å². The summed E-state index contributed by atoms with van der Waals surface area (Å²) < 4.78 is 179. The molecule has 0 radical (unpaired) electrons. The zero-order valence-electron chi connectivity index (χ0n) is 69.4. The van der Waals surface area contributed by atoms with Gasteiger partial charge in [-0.15, -0.1) is 0 Å². The van der Waals surface area contributed by atoms with Crippen molar-refractivity contribution in [3.8, 4) is 103 Å². The molecule has 132 heavy (non-hydrogen) atoms. The van der Waals surface area contributed by atoms with Gasteiger partial charge in [0.05, 0.1) is 0 Å². The first-order valence-corrected chi connectivity index (χ1v) is 54.7. The lowest BCUT2D eigenvalue weighted by Crippen LogP contribution is -2.11. The third-order valence-electron chi connectivity index (χ3n) is 18.1. The highest BCUT2D eigenvalue weighted by Gasteiger charge is 2.53. The maximum atomic E-state index is 7.48. The highest BCUT2D eigenvalue weighted by molar-refractivity contribution is 7.80. The molecule has 16 aromatic carbocycles. The molecule has 0 unspecified atom stereocenters. The summed E-state index contributed by atoms with van der Waals surface area (Å²) in [6.07, 6.45) is 0. The molecule has 4 atom stereocenters. The van der Waals surface area contributed by atoms with Crippen molar-refractivity contribution in [3.63, 3.8) is 0 Å². The van der Waals surface area contributed by atoms with Crippen molar-refractivity contribution in [2.75, 3.05) is 0 Å². The maximum Gasteiger partial charge on any atom is 0.460 e. The highest BCUT2D eigenvalue weighted by atomic mass is 31.3. The quantitative estimate of drug-likeness (QED) is 0.0330. The van der Waals surface area contributed by atoms with Crippen LogP contribution in [0.5, 0.6) is 103 Å². The SMILES string of the molecule is c1ccc(OP2(Oc3ccccc3)=NP(Oc3ccccc3)(Oc3ccccc3)=N[P@](Oc3ccccc3)(Oc3ccc(O[P@@]4(Oc5ccccc5)=N[P@@](Oc5ccccc5)(Oc5ccc(O[P@@]6(Oc7ccccc7)=NP(Oc7ccccc7)(Oc7ccccc7)=NP(Oc7ccccc7)(Oc7ccccc7)=N6)cc5)=NP(Oc5ccccc5)(Oc5ccccc5)=N4)cc3)=N2)cc1. The van der Waals surface area contributed by atoms with Gasteiger partial charge in [-0.05, 0) is 218 Å². The molecular formula is C96H78N9O18P9. The molecule has 660 valence electrons. The standard InChI is InChI=1S/C96H78N9O18P9/c1-15-43-79(44-16-1)106-124(107-80-45-17-2-18-46-80)97-125(108-81-47-19-3-20-48-81,109-82-49-21-4-22-50-82)100-129(99-124,116-89-63-35-11-36-64-89)120-93-71-75-95(76-72-93)122-131(118-91-67-39-13-40-68-91)103-128(114-87-59-31-9-32-60-87,115-88-61-33-10-34-62-88)104-132(105-131,119-92-69-41-14-42-70-92)123-96-77-73-94(74-78-96)121-130(117-90-65-37-12-38-66-90)101-126(110-83-51-23-5-24-52-83,111-84-53-25-6-26-54-84)98-127(102-130,112-85-55-27-7-28-56-85)113-86-57-29-8-30-58-86/h1-78H/t131-,132+. The Hall–Kier alpha value is -14.0. The molecule has 0 aliphatic carbocycles. The third kappa shape index (κ3) is 22.3. The summed E-state index contributed by atoms with van der Waals surface area (Å²) in [5, 5.41) is 0. The average molecular weight is 1920 g/mol. The van der Waals surface area contributed by atoms with Crippen molar-refractivity contribution in [3.05, 3.63) is 473 Å². The van der Waals surface area contributed by atoms with E-state index in [0.717, 1.165) is 0 Å². The van der Waals surface area contributed by atoms with E-state index < -0.39 is 68.9 Å². The largest absolute Gasteiger partial charge is 0.460 e. The van der Waals surface area contributed by atoms with Crippen LogP contribution in [0.15, 0.2) is 514 Å². The molecule has 0 saturated carbocycles. The van der Waals surface area contributed by atoms with Gasteiger partial charge in [0.15, 0.2) is 0 Å². The van der Waals surface area contributed by atoms with E-state index in [1.54, 1.807) is 267 Å². The smallest absolute Gasteiger partial charge is 0.413 e. The van der Waals surface area contributed by atoms with Crippen molar-refractivity contribution in [1.29, 1.82) is 0 Å². The Morgan fingerprint density at radius 2 is 0.144 bits per heavy atom. The number of hydrogen-bond donors (Lipinski definition) is 0. The summed E-state index contributed by atoms with van der Waals surface area (Å²) in [4.78, 5) is 0. The first kappa shape index (κ1) is 87.3. The fourth-order valence-electron chi connectivity index (χ4n) is 12.6. The minimum atomic E-state index is -4.63. The topological polar surface area (TPSA) is 277 Å². The molecule has 19 rings (SSSR count). The fraction of sp³-hybridized carbons (Fsp3) is 0. The molecule has 16 aromatic rings. The second kappa shape index (κ2) is 39.7. The third-order valence-corrected chi connectivity index (χ3v) is 42.5. The predicted molar refractivity (Wildman–Crippen MR) is 519 cm³/mol. The van der Waals surface area contributed by atoms with Crippen LogP contribution in [0.1, 0.15) is 0 Å². The first-order chi connectivity index (χ1) is 64.8. The molecule has 0 fully saturated rings. The molecular weight excluding hydrogens is 1850 g/mol. The Bertz CT molecular complexity index is 6430. The number of para-hydroxylation sites is 14. The molecule has 0 aromatic heterocycles. The van der Waals surface area contributed by atoms with Crippen LogP contribution in [-0.2, 0) is 0 Å². The van der Waals surface area contributed by atoms with Crippen LogP contribution in [0.3, 0.4) is 0 Å². The number of rotatable bonds is 36. The molecule has 0 amide bonds. The van der Waals surface area contributed by atoms with Gasteiger partial charge in [-0.1, -0.05) is 295 Å². The monoisotopic (exact) mass is 1920 g/mol. The van der Waals surface area contributed by atoms with Gasteiger partial charge < -0.3 is 81.4 Å². The highest BCUT2D eigenvalue weighted by Crippen LogP contribution is 2.83. The van der Waals surface area contributed by atoms with Crippen molar-refractivity contribution in [1.82, 2.24) is 0 Å². The van der Waals surface area contributed by atoms with E-state index in [1.807, 2.05) is 206 Å². The number of nitrogens with zero attached hydrogens (tertiary/aromatic N) is 9. The van der Waals surface area contributed by atoms with E-state index in [9.17, 15) is 0 Å². The zero-order chi connectivity index (χ0) is 89.1. The van der Waals surface area contributed by atoms with Gasteiger partial charge in [-0.3, -0.25) is 0 Å². The van der Waals surface area contributed by atoms with Crippen molar-refractivity contribution < 1.29 is 81.4 Å². The maximum absolute atomic E-state index is 7.48. The van der Waals surface area contributed by atoms with Crippen LogP contribution < -0.4 is 81.4 Å². The lowest BCUT2D eigenvalue weighted by atomic mass is 10.3. The molecule has 3 aliphatic rings. The summed E-state index contributed by atoms with van der Waals surface area (Å²) in [7, 11) is -39.8. The fourth-order valence-corrected chi connectivity index (χ4v) is 39.8. The summed E-state index contributed by atoms with van der Waals surface area (Å²) in [6, 6.07) is 139. The average Bonchev–Trinajstić information content (AvgIpc) is 0.737. The van der Waals surface area contributed by atoms with Gasteiger partial charge in [-0.2, -0.15) is 0 Å². The lowest BCUT2D eigenvalue weighted by Gasteiger charge is -2.33. The zero-order valence-corrected chi connectivity index (χ0v) is 77.5. The molecule has 3 aliphatic heterocycles. The van der Waals surface area contributed by atoms with E-state index in [-0.39, 0.29) is 46.0 Å². The minimum absolute atomic E-state index is 0.107. The molecule has 3 heterocycles. The van der Waals surface area contributed by atoms with Gasteiger partial charge in [0.25, 0.3) is 0 Å². The van der Waals surface area contributed by atoms with Crippen molar-refractivity contribution in [2.24, 2.45) is 40.6 Å². The van der Waals surface area contributed by atoms with Gasteiger partial charge in [0, 0.05) is 0 Å². The Morgan fingerprint density at radius 3 is 0.212 bits per heavy atom. The first-order valence-electron chi connectivity index (χ1n) is 41.0. The normalized spacial score (nSPS) is 18.8. The Labute approximate surface area is 762 Å². The van der Waals surface area contributed by atoms with E-state index in [0.29, 0.717) is 57.5 Å². The van der Waals surface area contributed by atoms with Crippen LogP contribution in [-0.4, -0.2) is 0 Å². The second-order valence-electron chi connectivity index (χ2n) is 28.2. The Morgan fingerprint density at radius 1 is 0.0833 bits per heavy atom. The van der Waals surface area contributed by atoms with E-state index in [4.69, 9.17) is 122 Å². The number of benzene rings is 16. The molecule has 0 saturated heterocycles. The van der Waals surface area contributed by atoms with Gasteiger partial charge in [0.1, 0.15) is 103 Å².